The lowest BCUT2D eigenvalue weighted by Gasteiger charge is -2.41. The standard InChI is InChI=1S/C68H93ClN6O16/c1-13-44(14-2)65(83)88-30-17-15-16-22-46(76)35-49(39(3)4)62(80)73-50(24-20-29-72-66(70)84)52(77)34-45-26-27-48(60-47(45)23-19-28-71-60)63(81)74(9)42(7)64(82)90-56-36-57(78)75(10)51-32-43(33-53(86-11)59(51)69)31-40(5)21-18-25-55(87-12)68(85)37-54(89-58(79)38-68)41(6)61-67(56,8)91-61/h18-19,21,23,25-28,32-33,39,41-42,44,49-50,54-56,61,85H,13-17,20,22,24,29-31,34-38H2,1-12H3,(H,73,80)(H3,70,72,84)/b25-18+,40-21+/t41-,42+,49+,50+,54+,55-,56+,61+,67+,68-/m1/s1. The summed E-state index contributed by atoms with van der Waals surface area (Å²) < 4.78 is 35.4. The highest BCUT2D eigenvalue weighted by Gasteiger charge is 2.64. The van der Waals surface area contributed by atoms with E-state index >= 15 is 0 Å². The first-order chi connectivity index (χ1) is 43.1. The van der Waals surface area contributed by atoms with Crippen molar-refractivity contribution in [2.45, 2.75) is 193 Å². The van der Waals surface area contributed by atoms with Gasteiger partial charge in [-0.15, -0.1) is 0 Å². The summed E-state index contributed by atoms with van der Waals surface area (Å²) in [5.41, 5.74) is 5.06. The fourth-order valence-corrected chi connectivity index (χ4v) is 12.4. The number of pyridine rings is 1. The summed E-state index contributed by atoms with van der Waals surface area (Å²) in [5, 5.41) is 18.1. The number of urea groups is 1. The Kier molecular flexibility index (Phi) is 26.3. The van der Waals surface area contributed by atoms with Crippen LogP contribution >= 0.6 is 11.6 Å². The number of allylic oxidation sites excluding steroid dienone is 3. The van der Waals surface area contributed by atoms with E-state index in [9.17, 15) is 48.3 Å². The first-order valence-corrected chi connectivity index (χ1v) is 32.0. The second-order valence-corrected chi connectivity index (χ2v) is 25.4. The van der Waals surface area contributed by atoms with E-state index in [0.717, 1.165) is 11.1 Å². The lowest BCUT2D eigenvalue weighted by molar-refractivity contribution is -0.187. The number of carbonyl (C=O) groups is 9. The third-order valence-electron chi connectivity index (χ3n) is 18.1. The zero-order chi connectivity index (χ0) is 67.1. The Morgan fingerprint density at radius 3 is 2.40 bits per heavy atom. The second kappa shape index (κ2) is 32.8. The van der Waals surface area contributed by atoms with Gasteiger partial charge in [0, 0.05) is 76.9 Å². The number of hydrogen-bond acceptors (Lipinski definition) is 17. The first kappa shape index (κ1) is 72.8. The fraction of sp³-hybridized carbons (Fsp3) is 0.588. The van der Waals surface area contributed by atoms with Crippen molar-refractivity contribution in [2.75, 3.05) is 46.4 Å². The number of amides is 5. The van der Waals surface area contributed by atoms with Crippen molar-refractivity contribution in [1.82, 2.24) is 20.5 Å². The molecule has 10 atom stereocenters. The van der Waals surface area contributed by atoms with E-state index in [0.29, 0.717) is 60.9 Å². The van der Waals surface area contributed by atoms with E-state index < -0.39 is 102 Å². The quantitative estimate of drug-likeness (QED) is 0.0241. The predicted molar refractivity (Wildman–Crippen MR) is 342 cm³/mol. The molecule has 0 radical (unpaired) electrons. The van der Waals surface area contributed by atoms with Gasteiger partial charge in [0.25, 0.3) is 5.91 Å². The van der Waals surface area contributed by atoms with Crippen LogP contribution in [0.15, 0.2) is 66.4 Å². The Balaban J connectivity index is 1.21. The van der Waals surface area contributed by atoms with Crippen LogP contribution in [0.5, 0.6) is 5.75 Å². The number of ether oxygens (including phenoxy) is 6. The predicted octanol–water partition coefficient (Wildman–Crippen LogP) is 8.44. The van der Waals surface area contributed by atoms with Gasteiger partial charge in [0.2, 0.25) is 11.8 Å². The van der Waals surface area contributed by atoms with Crippen molar-refractivity contribution in [3.63, 3.8) is 0 Å². The number of unbranched alkanes of at least 4 members (excludes halogenated alkanes) is 2. The fourth-order valence-electron chi connectivity index (χ4n) is 12.1. The van der Waals surface area contributed by atoms with E-state index in [1.807, 2.05) is 40.7 Å². The average Bonchev–Trinajstić information content (AvgIpc) is 1.60. The van der Waals surface area contributed by atoms with Crippen LogP contribution in [0.25, 0.3) is 10.9 Å². The molecule has 22 nitrogen and oxygen atoms in total. The molecule has 1 aromatic heterocycles. The van der Waals surface area contributed by atoms with Gasteiger partial charge < -0.3 is 59.7 Å². The Morgan fingerprint density at radius 1 is 1.00 bits per heavy atom. The number of carbonyl (C=O) groups excluding carboxylic acids is 9. The molecule has 2 fully saturated rings. The zero-order valence-electron chi connectivity index (χ0n) is 54.7. The molecule has 6 rings (SSSR count). The van der Waals surface area contributed by atoms with Crippen molar-refractivity contribution in [3.05, 3.63) is 88.1 Å². The Bertz CT molecular complexity index is 3200. The molecule has 2 saturated heterocycles. The molecular weight excluding hydrogens is 1190 g/mol. The van der Waals surface area contributed by atoms with E-state index in [4.69, 9.17) is 45.8 Å². The number of benzene rings is 2. The maximum absolute atomic E-state index is 14.7. The van der Waals surface area contributed by atoms with E-state index in [-0.39, 0.29) is 104 Å². The summed E-state index contributed by atoms with van der Waals surface area (Å²) in [5.74, 6) is -5.29. The lowest BCUT2D eigenvalue weighted by atomic mass is 9.78. The number of ketones is 2. The molecule has 5 N–H and O–H groups in total. The van der Waals surface area contributed by atoms with Gasteiger partial charge in [-0.1, -0.05) is 82.2 Å². The van der Waals surface area contributed by atoms with E-state index in [1.54, 1.807) is 63.4 Å². The number of epoxide rings is 1. The van der Waals surface area contributed by atoms with Gasteiger partial charge in [0.15, 0.2) is 5.78 Å². The molecule has 23 heteroatoms. The molecule has 4 bridgehead atoms. The minimum Gasteiger partial charge on any atom is -0.495 e. The number of Topliss-reactive ketones (excluding diaryl/α,β-unsaturated/α-hetero) is 2. The summed E-state index contributed by atoms with van der Waals surface area (Å²) in [6.45, 7) is 14.8. The number of anilines is 1. The largest absolute Gasteiger partial charge is 0.495 e. The van der Waals surface area contributed by atoms with Gasteiger partial charge in [0.1, 0.15) is 52.1 Å². The number of likely N-dealkylation sites (N-methyl/N-ethyl adjacent to an activating group) is 1. The van der Waals surface area contributed by atoms with Gasteiger partial charge >= 0.3 is 23.9 Å². The van der Waals surface area contributed by atoms with Crippen LogP contribution < -0.4 is 26.0 Å². The summed E-state index contributed by atoms with van der Waals surface area (Å²) in [7, 11) is 5.87. The molecule has 498 valence electrons. The number of nitrogens with two attached hydrogens (primary N) is 1. The number of aliphatic hydroxyl groups is 1. The summed E-state index contributed by atoms with van der Waals surface area (Å²) >= 11 is 6.89. The summed E-state index contributed by atoms with van der Waals surface area (Å²) in [6, 6.07) is 6.92. The third kappa shape index (κ3) is 18.7. The molecular formula is C68H93ClN6O16. The highest BCUT2D eigenvalue weighted by Crippen LogP contribution is 2.50. The second-order valence-electron chi connectivity index (χ2n) is 25.0. The SMILES string of the molecule is CCC(CC)C(=O)OCCCCCC(=O)C[C@H](C(=O)N[C@@H](CCCNC(N)=O)C(=O)Cc1ccc(C(=O)N(C)[C@@H](C)C(=O)O[C@H]2CC(=O)N(C)c3cc(cc(OC)c3Cl)C/C(C)=C/C=C/[C@@H](OC)[C@]3(O)CC(=O)O[C@@H](C3)[C@@H](C)[C@@H]3O[C@@]23C)c2ncccc12)C(C)C. The van der Waals surface area contributed by atoms with Crippen LogP contribution in [0.2, 0.25) is 5.02 Å². The van der Waals surface area contributed by atoms with Crippen molar-refractivity contribution < 1.29 is 76.7 Å². The Morgan fingerprint density at radius 2 is 1.73 bits per heavy atom. The van der Waals surface area contributed by atoms with Gasteiger partial charge in [-0.05, 0) is 113 Å². The summed E-state index contributed by atoms with van der Waals surface area (Å²) in [4.78, 5) is 130. The molecule has 0 aliphatic carbocycles. The van der Waals surface area contributed by atoms with Crippen molar-refractivity contribution in [2.24, 2.45) is 29.4 Å². The lowest BCUT2D eigenvalue weighted by Crippen LogP contribution is -2.53. The normalized spacial score (nSPS) is 23.8. The van der Waals surface area contributed by atoms with Gasteiger partial charge in [-0.25, -0.2) is 9.59 Å². The van der Waals surface area contributed by atoms with E-state index in [2.05, 4.69) is 15.6 Å². The minimum atomic E-state index is -1.67. The maximum Gasteiger partial charge on any atom is 0.328 e. The van der Waals surface area contributed by atoms with Gasteiger partial charge in [-0.2, -0.15) is 0 Å². The number of primary amides is 1. The van der Waals surface area contributed by atoms with Crippen molar-refractivity contribution in [3.8, 4) is 5.75 Å². The van der Waals surface area contributed by atoms with Crippen LogP contribution in [-0.4, -0.2) is 157 Å². The minimum absolute atomic E-state index is 0.0213. The molecule has 3 aromatic rings. The van der Waals surface area contributed by atoms with Crippen LogP contribution in [0, 0.1) is 23.7 Å². The molecule has 2 aromatic carbocycles. The number of hydrogen-bond donors (Lipinski definition) is 4. The summed E-state index contributed by atoms with van der Waals surface area (Å²) in [6.07, 6.45) is 6.17. The molecule has 0 saturated carbocycles. The van der Waals surface area contributed by atoms with Crippen molar-refractivity contribution >= 4 is 81.4 Å². The first-order valence-electron chi connectivity index (χ1n) is 31.6. The van der Waals surface area contributed by atoms with Gasteiger partial charge in [0.05, 0.1) is 61.4 Å². The number of methoxy groups -OCH3 is 2. The monoisotopic (exact) mass is 1280 g/mol. The zero-order valence-corrected chi connectivity index (χ0v) is 55.5. The molecule has 91 heavy (non-hydrogen) atoms. The number of nitrogens with zero attached hydrogens (tertiary/aromatic N) is 3. The number of halogens is 1. The third-order valence-corrected chi connectivity index (χ3v) is 18.5. The number of nitrogens with one attached hydrogen (secondary N) is 2. The Hall–Kier alpha value is -7.27. The van der Waals surface area contributed by atoms with Crippen LogP contribution in [0.4, 0.5) is 10.5 Å². The highest BCUT2D eigenvalue weighted by atomic mass is 35.5. The highest BCUT2D eigenvalue weighted by molar-refractivity contribution is 6.35. The van der Waals surface area contributed by atoms with Gasteiger partial charge in [-0.3, -0.25) is 38.5 Å². The maximum atomic E-state index is 14.7. The number of rotatable bonds is 27. The van der Waals surface area contributed by atoms with Crippen LogP contribution in [0.1, 0.15) is 154 Å². The molecule has 0 unspecified atom stereocenters. The van der Waals surface area contributed by atoms with Crippen molar-refractivity contribution in [1.29, 1.82) is 0 Å². The molecule has 4 heterocycles. The molecule has 3 aliphatic rings. The smallest absolute Gasteiger partial charge is 0.328 e. The number of aromatic nitrogens is 1. The topological polar surface area (TPSA) is 302 Å². The molecule has 0 spiro atoms. The molecule has 3 aliphatic heterocycles. The van der Waals surface area contributed by atoms with Crippen LogP contribution in [-0.2, 0) is 70.1 Å². The van der Waals surface area contributed by atoms with E-state index in [1.165, 1.54) is 50.3 Å². The van der Waals surface area contributed by atoms with Crippen LogP contribution in [0.3, 0.4) is 0 Å². The Labute approximate surface area is 539 Å². The average molecular weight is 1290 g/mol. The molecule has 5 amide bonds. The number of esters is 3. The number of fused-ring (bicyclic) bond motifs is 6.